The highest BCUT2D eigenvalue weighted by Gasteiger charge is 2.13. The fraction of sp³-hybridized carbons (Fsp3) is 0.333. The molecule has 1 aliphatic rings. The first-order chi connectivity index (χ1) is 7.74. The van der Waals surface area contributed by atoms with Crippen molar-refractivity contribution in [3.05, 3.63) is 47.6 Å². The fourth-order valence-corrected chi connectivity index (χ4v) is 2.30. The Morgan fingerprint density at radius 2 is 2.19 bits per heavy atom. The minimum Gasteiger partial charge on any atom is -0.388 e. The zero-order chi connectivity index (χ0) is 11.5. The summed E-state index contributed by atoms with van der Waals surface area (Å²) in [7, 11) is 1.96. The van der Waals surface area contributed by atoms with Gasteiger partial charge in [0.25, 0.3) is 0 Å². The Hall–Kier alpha value is -1.50. The molecule has 0 unspecified atom stereocenters. The Morgan fingerprint density at radius 1 is 1.38 bits per heavy atom. The number of rotatable bonds is 3. The normalized spacial score (nSPS) is 14.4. The topological polar surface area (TPSA) is 12.0 Å². The van der Waals surface area contributed by atoms with Gasteiger partial charge in [-0.1, -0.05) is 37.6 Å². The second kappa shape index (κ2) is 4.56. The molecule has 1 heteroatoms. The average Bonchev–Trinajstić information content (AvgIpc) is 2.28. The summed E-state index contributed by atoms with van der Waals surface area (Å²) >= 11 is 0. The molecule has 0 fully saturated rings. The molecule has 1 N–H and O–H groups in total. The SMILES string of the molecule is C=C1C=C(CCC)c2ccc(NC)cc2C1. The van der Waals surface area contributed by atoms with Crippen molar-refractivity contribution in [3.8, 4) is 0 Å². The third-order valence-corrected chi connectivity index (χ3v) is 3.06. The van der Waals surface area contributed by atoms with Gasteiger partial charge in [-0.2, -0.15) is 0 Å². The van der Waals surface area contributed by atoms with Crippen LogP contribution in [0.2, 0.25) is 0 Å². The van der Waals surface area contributed by atoms with E-state index >= 15 is 0 Å². The highest BCUT2D eigenvalue weighted by atomic mass is 14.8. The Balaban J connectivity index is 2.43. The number of nitrogens with one attached hydrogen (secondary N) is 1. The Morgan fingerprint density at radius 3 is 2.88 bits per heavy atom. The standard InChI is InChI=1S/C15H19N/c1-4-5-12-8-11(2)9-13-10-14(16-3)6-7-15(12)13/h6-8,10,16H,2,4-5,9H2,1,3H3. The molecule has 1 aliphatic carbocycles. The van der Waals surface area contributed by atoms with Crippen LogP contribution in [0.15, 0.2) is 36.4 Å². The highest BCUT2D eigenvalue weighted by Crippen LogP contribution is 2.32. The molecule has 0 aromatic heterocycles. The molecule has 0 amide bonds. The van der Waals surface area contributed by atoms with Crippen LogP contribution < -0.4 is 5.32 Å². The van der Waals surface area contributed by atoms with Gasteiger partial charge in [0.1, 0.15) is 0 Å². The zero-order valence-corrected chi connectivity index (χ0v) is 10.1. The summed E-state index contributed by atoms with van der Waals surface area (Å²) < 4.78 is 0. The van der Waals surface area contributed by atoms with Crippen molar-refractivity contribution in [1.82, 2.24) is 0 Å². The summed E-state index contributed by atoms with van der Waals surface area (Å²) in [6.45, 7) is 6.33. The molecule has 2 rings (SSSR count). The van der Waals surface area contributed by atoms with Gasteiger partial charge >= 0.3 is 0 Å². The maximum Gasteiger partial charge on any atom is 0.0340 e. The largest absolute Gasteiger partial charge is 0.388 e. The summed E-state index contributed by atoms with van der Waals surface area (Å²) in [4.78, 5) is 0. The number of benzene rings is 1. The molecular weight excluding hydrogens is 194 g/mol. The minimum atomic E-state index is 0.984. The van der Waals surface area contributed by atoms with Crippen LogP contribution in [-0.4, -0.2) is 7.05 Å². The van der Waals surface area contributed by atoms with Crippen LogP contribution in [0.1, 0.15) is 30.9 Å². The van der Waals surface area contributed by atoms with Gasteiger partial charge < -0.3 is 5.32 Å². The van der Waals surface area contributed by atoms with Crippen LogP contribution in [0, 0.1) is 0 Å². The van der Waals surface area contributed by atoms with E-state index in [1.807, 2.05) is 7.05 Å². The lowest BCUT2D eigenvalue weighted by Gasteiger charge is -2.20. The van der Waals surface area contributed by atoms with E-state index in [9.17, 15) is 0 Å². The van der Waals surface area contributed by atoms with Gasteiger partial charge in [0, 0.05) is 12.7 Å². The molecule has 84 valence electrons. The van der Waals surface area contributed by atoms with E-state index in [1.165, 1.54) is 34.4 Å². The first kappa shape index (κ1) is 11.0. The summed E-state index contributed by atoms with van der Waals surface area (Å²) in [5.41, 5.74) is 6.67. The number of hydrogen-bond acceptors (Lipinski definition) is 1. The molecule has 1 aromatic carbocycles. The molecule has 0 saturated carbocycles. The summed E-state index contributed by atoms with van der Waals surface area (Å²) in [5, 5.41) is 3.19. The van der Waals surface area contributed by atoms with Crippen molar-refractivity contribution in [2.75, 3.05) is 12.4 Å². The Bertz CT molecular complexity index is 441. The lowest BCUT2D eigenvalue weighted by Crippen LogP contribution is -2.03. The van der Waals surface area contributed by atoms with E-state index in [0.717, 1.165) is 12.8 Å². The number of allylic oxidation sites excluding steroid dienone is 3. The lowest BCUT2D eigenvalue weighted by atomic mass is 9.86. The average molecular weight is 213 g/mol. The second-order valence-corrected chi connectivity index (χ2v) is 4.38. The molecule has 0 saturated heterocycles. The van der Waals surface area contributed by atoms with Gasteiger partial charge in [-0.15, -0.1) is 0 Å². The maximum absolute atomic E-state index is 4.10. The summed E-state index contributed by atoms with van der Waals surface area (Å²) in [6.07, 6.45) is 5.57. The van der Waals surface area contributed by atoms with E-state index < -0.39 is 0 Å². The predicted octanol–water partition coefficient (Wildman–Crippen LogP) is 4.02. The van der Waals surface area contributed by atoms with Gasteiger partial charge in [0.2, 0.25) is 0 Å². The molecule has 1 nitrogen and oxygen atoms in total. The Kier molecular flexibility index (Phi) is 3.14. The van der Waals surface area contributed by atoms with E-state index in [4.69, 9.17) is 0 Å². The first-order valence-corrected chi connectivity index (χ1v) is 5.94. The van der Waals surface area contributed by atoms with Crippen LogP contribution in [0.5, 0.6) is 0 Å². The van der Waals surface area contributed by atoms with Crippen LogP contribution in [0.4, 0.5) is 5.69 Å². The van der Waals surface area contributed by atoms with Crippen molar-refractivity contribution >= 4 is 11.3 Å². The monoisotopic (exact) mass is 213 g/mol. The lowest BCUT2D eigenvalue weighted by molar-refractivity contribution is 0.961. The second-order valence-electron chi connectivity index (χ2n) is 4.38. The highest BCUT2D eigenvalue weighted by molar-refractivity contribution is 5.75. The van der Waals surface area contributed by atoms with Crippen LogP contribution in [0.3, 0.4) is 0 Å². The molecule has 16 heavy (non-hydrogen) atoms. The number of anilines is 1. The van der Waals surface area contributed by atoms with Crippen molar-refractivity contribution in [3.63, 3.8) is 0 Å². The maximum atomic E-state index is 4.10. The van der Waals surface area contributed by atoms with Gasteiger partial charge in [-0.05, 0) is 41.7 Å². The molecule has 0 bridgehead atoms. The van der Waals surface area contributed by atoms with Crippen molar-refractivity contribution in [1.29, 1.82) is 0 Å². The predicted molar refractivity (Wildman–Crippen MR) is 71.7 cm³/mol. The smallest absolute Gasteiger partial charge is 0.0340 e. The van der Waals surface area contributed by atoms with Gasteiger partial charge in [-0.25, -0.2) is 0 Å². The quantitative estimate of drug-likeness (QED) is 0.799. The third kappa shape index (κ3) is 2.04. The minimum absolute atomic E-state index is 0.984. The number of hydrogen-bond donors (Lipinski definition) is 1. The van der Waals surface area contributed by atoms with Crippen molar-refractivity contribution in [2.45, 2.75) is 26.2 Å². The molecule has 0 heterocycles. The summed E-state index contributed by atoms with van der Waals surface area (Å²) in [5.74, 6) is 0. The molecule has 0 spiro atoms. The van der Waals surface area contributed by atoms with Gasteiger partial charge in [0.05, 0.1) is 0 Å². The van der Waals surface area contributed by atoms with Crippen LogP contribution in [-0.2, 0) is 6.42 Å². The summed E-state index contributed by atoms with van der Waals surface area (Å²) in [6, 6.07) is 6.62. The molecule has 0 radical (unpaired) electrons. The fourth-order valence-electron chi connectivity index (χ4n) is 2.30. The van der Waals surface area contributed by atoms with E-state index in [0.29, 0.717) is 0 Å². The van der Waals surface area contributed by atoms with E-state index in [2.05, 4.69) is 43.1 Å². The van der Waals surface area contributed by atoms with Crippen LogP contribution in [0.25, 0.3) is 5.57 Å². The van der Waals surface area contributed by atoms with Crippen LogP contribution >= 0.6 is 0 Å². The van der Waals surface area contributed by atoms with Crippen molar-refractivity contribution < 1.29 is 0 Å². The third-order valence-electron chi connectivity index (χ3n) is 3.06. The molecule has 0 atom stereocenters. The molecule has 1 aromatic rings. The van der Waals surface area contributed by atoms with Crippen molar-refractivity contribution in [2.24, 2.45) is 0 Å². The van der Waals surface area contributed by atoms with E-state index in [-0.39, 0.29) is 0 Å². The molecule has 0 aliphatic heterocycles. The zero-order valence-electron chi connectivity index (χ0n) is 10.1. The first-order valence-electron chi connectivity index (χ1n) is 5.94. The Labute approximate surface area is 97.9 Å². The van der Waals surface area contributed by atoms with Gasteiger partial charge in [0.15, 0.2) is 0 Å². The van der Waals surface area contributed by atoms with E-state index in [1.54, 1.807) is 0 Å². The molecular formula is C15H19N. The van der Waals surface area contributed by atoms with Gasteiger partial charge in [-0.3, -0.25) is 0 Å². The number of fused-ring (bicyclic) bond motifs is 1.